The van der Waals surface area contributed by atoms with Gasteiger partial charge < -0.3 is 9.55 Å². The zero-order valence-corrected chi connectivity index (χ0v) is 22.3. The Bertz CT molecular complexity index is 2160. The summed E-state index contributed by atoms with van der Waals surface area (Å²) < 4.78 is 2.28. The maximum Gasteiger partial charge on any atom is 0.160 e. The van der Waals surface area contributed by atoms with Crippen LogP contribution in [0.4, 0.5) is 0 Å². The van der Waals surface area contributed by atoms with Crippen LogP contribution in [0.2, 0.25) is 0 Å². The summed E-state index contributed by atoms with van der Waals surface area (Å²) in [7, 11) is 0. The number of nitrogens with zero attached hydrogens (tertiary/aromatic N) is 3. The lowest BCUT2D eigenvalue weighted by Gasteiger charge is -2.10. The Hall–Kier alpha value is -5.48. The van der Waals surface area contributed by atoms with Crippen LogP contribution in [0, 0.1) is 0 Å². The number of fused-ring (bicyclic) bond motifs is 5. The highest BCUT2D eigenvalue weighted by Gasteiger charge is 2.16. The Morgan fingerprint density at radius 2 is 1.37 bits per heavy atom. The van der Waals surface area contributed by atoms with Crippen molar-refractivity contribution in [2.75, 3.05) is 0 Å². The number of H-pyrrole nitrogens is 1. The highest BCUT2D eigenvalue weighted by molar-refractivity contribution is 6.17. The van der Waals surface area contributed by atoms with E-state index in [0.29, 0.717) is 6.42 Å². The average molecular weight is 527 g/mol. The van der Waals surface area contributed by atoms with Gasteiger partial charge >= 0.3 is 0 Å². The van der Waals surface area contributed by atoms with Gasteiger partial charge in [0, 0.05) is 45.5 Å². The van der Waals surface area contributed by atoms with Crippen LogP contribution >= 0.6 is 0 Å². The summed E-state index contributed by atoms with van der Waals surface area (Å²) in [4.78, 5) is 13.9. The summed E-state index contributed by atoms with van der Waals surface area (Å²) in [5, 5.41) is 3.68. The van der Waals surface area contributed by atoms with E-state index in [0.717, 1.165) is 50.7 Å². The summed E-state index contributed by atoms with van der Waals surface area (Å²) in [6.45, 7) is 0. The van der Waals surface area contributed by atoms with Crippen molar-refractivity contribution in [1.82, 2.24) is 9.55 Å². The average Bonchev–Trinajstić information content (AvgIpc) is 3.56. The summed E-state index contributed by atoms with van der Waals surface area (Å²) in [6.07, 6.45) is 5.04. The number of rotatable bonds is 4. The minimum atomic E-state index is 0.687. The molecule has 0 unspecified atom stereocenters. The summed E-state index contributed by atoms with van der Waals surface area (Å²) in [5.74, 6) is 0.727. The lowest BCUT2D eigenvalue weighted by Crippen LogP contribution is -2.06. The molecule has 2 aromatic heterocycles. The van der Waals surface area contributed by atoms with Crippen LogP contribution in [0.1, 0.15) is 23.1 Å². The molecule has 1 aliphatic heterocycles. The molecule has 1 N–H and O–H groups in total. The molecule has 0 bridgehead atoms. The van der Waals surface area contributed by atoms with Gasteiger partial charge in [-0.3, -0.25) is 0 Å². The predicted octanol–water partition coefficient (Wildman–Crippen LogP) is 8.95. The monoisotopic (exact) mass is 526 g/mol. The molecule has 4 nitrogen and oxygen atoms in total. The molecule has 0 spiro atoms. The molecule has 1 aliphatic rings. The number of hydrogen-bond acceptors (Lipinski definition) is 2. The molecule has 0 fully saturated rings. The lowest BCUT2D eigenvalue weighted by atomic mass is 10.0. The van der Waals surface area contributed by atoms with Crippen LogP contribution < -0.4 is 0 Å². The molecule has 194 valence electrons. The van der Waals surface area contributed by atoms with E-state index in [1.54, 1.807) is 0 Å². The molecule has 41 heavy (non-hydrogen) atoms. The number of allylic oxidation sites excluding steroid dienone is 1. The van der Waals surface area contributed by atoms with E-state index in [1.807, 2.05) is 24.3 Å². The van der Waals surface area contributed by atoms with Gasteiger partial charge in [-0.25, -0.2) is 9.98 Å². The van der Waals surface area contributed by atoms with E-state index >= 15 is 0 Å². The van der Waals surface area contributed by atoms with E-state index in [-0.39, 0.29) is 0 Å². The molecular weight excluding hydrogens is 500 g/mol. The molecule has 5 aromatic carbocycles. The van der Waals surface area contributed by atoms with Gasteiger partial charge in [0.05, 0.1) is 22.4 Å². The van der Waals surface area contributed by atoms with Crippen molar-refractivity contribution >= 4 is 50.0 Å². The Morgan fingerprint density at radius 3 is 2.22 bits per heavy atom. The lowest BCUT2D eigenvalue weighted by molar-refractivity contribution is 1.13. The number of nitrogens with one attached hydrogen (secondary N) is 1. The zero-order chi connectivity index (χ0) is 27.2. The van der Waals surface area contributed by atoms with Gasteiger partial charge in [-0.1, -0.05) is 109 Å². The van der Waals surface area contributed by atoms with Crippen molar-refractivity contribution in [1.29, 1.82) is 0 Å². The van der Waals surface area contributed by atoms with Gasteiger partial charge in [0.25, 0.3) is 0 Å². The normalized spacial score (nSPS) is 13.7. The smallest absolute Gasteiger partial charge is 0.160 e. The van der Waals surface area contributed by atoms with Crippen LogP contribution in [0.3, 0.4) is 0 Å². The first-order valence-corrected chi connectivity index (χ1v) is 13.9. The summed E-state index contributed by atoms with van der Waals surface area (Å²) >= 11 is 0. The Kier molecular flexibility index (Phi) is 5.49. The molecule has 0 aliphatic carbocycles. The van der Waals surface area contributed by atoms with Crippen molar-refractivity contribution in [3.63, 3.8) is 0 Å². The first-order valence-electron chi connectivity index (χ1n) is 13.9. The minimum Gasteiger partial charge on any atom is -0.353 e. The van der Waals surface area contributed by atoms with Gasteiger partial charge in [-0.15, -0.1) is 0 Å². The van der Waals surface area contributed by atoms with Crippen LogP contribution in [-0.4, -0.2) is 21.1 Å². The molecular formula is C37H26N4. The summed E-state index contributed by atoms with van der Waals surface area (Å²) in [6, 6.07) is 44.4. The Morgan fingerprint density at radius 1 is 0.610 bits per heavy atom. The van der Waals surface area contributed by atoms with Gasteiger partial charge in [-0.2, -0.15) is 0 Å². The number of amidine groups is 1. The van der Waals surface area contributed by atoms with E-state index in [2.05, 4.69) is 125 Å². The van der Waals surface area contributed by atoms with E-state index in [4.69, 9.17) is 9.98 Å². The van der Waals surface area contributed by atoms with Crippen molar-refractivity contribution in [3.05, 3.63) is 156 Å². The number of aromatic nitrogens is 2. The standard InChI is InChI=1S/C37H26N4/c1-3-10-25(11-4-1)32-20-21-33(40-37(39-32)27-12-5-2-6-13-27)28-14-9-15-29(24-28)41-23-22-26-18-19-31-30-16-7-8-17-34(30)38-35(31)36(26)41/h1-20,22-24,38H,21H2. The third kappa shape index (κ3) is 4.09. The van der Waals surface area contributed by atoms with Crippen LogP contribution in [0.5, 0.6) is 0 Å². The molecule has 7 aromatic rings. The SMILES string of the molecule is C1=C(c2ccccc2)N=C(c2ccccc2)N=C(c2cccc(-n3ccc4ccc5c6ccccc6[nH]c5c43)c2)C1. The number of aromatic amines is 1. The van der Waals surface area contributed by atoms with E-state index in [1.165, 1.54) is 21.7 Å². The van der Waals surface area contributed by atoms with Crippen LogP contribution in [0.15, 0.2) is 150 Å². The highest BCUT2D eigenvalue weighted by atomic mass is 15.0. The molecule has 0 amide bonds. The Labute approximate surface area is 237 Å². The fraction of sp³-hybridized carbons (Fsp3) is 0.0270. The fourth-order valence-electron chi connectivity index (χ4n) is 5.84. The van der Waals surface area contributed by atoms with Gasteiger partial charge in [-0.05, 0) is 35.4 Å². The molecule has 0 radical (unpaired) electrons. The zero-order valence-electron chi connectivity index (χ0n) is 22.3. The quantitative estimate of drug-likeness (QED) is 0.238. The number of benzene rings is 5. The van der Waals surface area contributed by atoms with Crippen LogP contribution in [-0.2, 0) is 0 Å². The maximum absolute atomic E-state index is 5.15. The molecule has 4 heteroatoms. The third-order valence-electron chi connectivity index (χ3n) is 7.85. The first kappa shape index (κ1) is 23.4. The highest BCUT2D eigenvalue weighted by Crippen LogP contribution is 2.33. The molecule has 0 saturated heterocycles. The van der Waals surface area contributed by atoms with E-state index in [9.17, 15) is 0 Å². The van der Waals surface area contributed by atoms with Crippen molar-refractivity contribution in [3.8, 4) is 5.69 Å². The van der Waals surface area contributed by atoms with Crippen LogP contribution in [0.25, 0.3) is 44.1 Å². The largest absolute Gasteiger partial charge is 0.353 e. The second-order valence-corrected chi connectivity index (χ2v) is 10.4. The topological polar surface area (TPSA) is 45.4 Å². The van der Waals surface area contributed by atoms with Gasteiger partial charge in [0.1, 0.15) is 0 Å². The molecule has 8 rings (SSSR count). The number of para-hydroxylation sites is 1. The second kappa shape index (κ2) is 9.61. The van der Waals surface area contributed by atoms with Crippen molar-refractivity contribution < 1.29 is 0 Å². The van der Waals surface area contributed by atoms with Gasteiger partial charge in [0.15, 0.2) is 5.84 Å². The van der Waals surface area contributed by atoms with Gasteiger partial charge in [0.2, 0.25) is 0 Å². The summed E-state index contributed by atoms with van der Waals surface area (Å²) in [5.41, 5.74) is 9.69. The molecule has 0 atom stereocenters. The minimum absolute atomic E-state index is 0.687. The molecule has 0 saturated carbocycles. The predicted molar refractivity (Wildman–Crippen MR) is 171 cm³/mol. The van der Waals surface area contributed by atoms with E-state index < -0.39 is 0 Å². The second-order valence-electron chi connectivity index (χ2n) is 10.4. The van der Waals surface area contributed by atoms with Crippen molar-refractivity contribution in [2.45, 2.75) is 6.42 Å². The number of hydrogen-bond donors (Lipinski definition) is 1. The Balaban J connectivity index is 1.26. The maximum atomic E-state index is 5.15. The molecule has 3 heterocycles. The first-order chi connectivity index (χ1) is 20.3. The van der Waals surface area contributed by atoms with Crippen molar-refractivity contribution in [2.24, 2.45) is 9.98 Å². The number of aliphatic imine (C=N–C) groups is 2. The fourth-order valence-corrected chi connectivity index (χ4v) is 5.84. The third-order valence-corrected chi connectivity index (χ3v) is 7.85.